The molecule has 256 valence electrons. The van der Waals surface area contributed by atoms with Gasteiger partial charge in [-0.15, -0.1) is 0 Å². The summed E-state index contributed by atoms with van der Waals surface area (Å²) in [5, 5.41) is 10.8. The number of nitrogens with zero attached hydrogens (tertiary/aromatic N) is 5. The van der Waals surface area contributed by atoms with Crippen LogP contribution in [0.3, 0.4) is 0 Å². The maximum absolute atomic E-state index is 13.7. The maximum Gasteiger partial charge on any atom is 0.282 e. The Hall–Kier alpha value is -5.47. The number of anilines is 1. The highest BCUT2D eigenvalue weighted by Crippen LogP contribution is 2.58. The minimum absolute atomic E-state index is 0.0254. The third-order valence-electron chi connectivity index (χ3n) is 7.82. The first-order valence-electron chi connectivity index (χ1n) is 14.8. The van der Waals surface area contributed by atoms with Crippen LogP contribution in [-0.2, 0) is 23.9 Å². The van der Waals surface area contributed by atoms with Crippen molar-refractivity contribution in [2.75, 3.05) is 5.32 Å². The van der Waals surface area contributed by atoms with Crippen LogP contribution in [0, 0.1) is 23.3 Å². The lowest BCUT2D eigenvalue weighted by molar-refractivity contribution is 0.101. The SMILES string of the molecule is Cn1cc(C(=O)Nc2ccccc2-c2cc(F)c(F)c(F)c2)c(C(F)F)n1.Fc1cccc(C2(Cn3cncn3)OC2c2ccc(Cl)cc2)c1. The van der Waals surface area contributed by atoms with Crippen molar-refractivity contribution in [3.05, 3.63) is 154 Å². The number of ether oxygens (including phenoxy) is 1. The predicted octanol–water partition coefficient (Wildman–Crippen LogP) is 8.43. The highest BCUT2D eigenvalue weighted by Gasteiger charge is 2.59. The second-order valence-electron chi connectivity index (χ2n) is 11.2. The molecule has 8 nitrogen and oxygen atoms in total. The lowest BCUT2D eigenvalue weighted by Crippen LogP contribution is -2.19. The number of amides is 1. The molecule has 0 saturated carbocycles. The van der Waals surface area contributed by atoms with Crippen molar-refractivity contribution in [2.45, 2.75) is 24.7 Å². The van der Waals surface area contributed by atoms with E-state index in [9.17, 15) is 31.1 Å². The van der Waals surface area contributed by atoms with Crippen molar-refractivity contribution in [2.24, 2.45) is 7.05 Å². The zero-order valence-electron chi connectivity index (χ0n) is 25.9. The third kappa shape index (κ3) is 7.26. The minimum Gasteiger partial charge on any atom is -0.354 e. The molecular weight excluding hydrogens is 686 g/mol. The number of aryl methyl sites for hydroxylation is 1. The van der Waals surface area contributed by atoms with Gasteiger partial charge in [0.2, 0.25) is 0 Å². The minimum atomic E-state index is -2.96. The molecule has 2 unspecified atom stereocenters. The van der Waals surface area contributed by atoms with E-state index < -0.39 is 41.1 Å². The van der Waals surface area contributed by atoms with Gasteiger partial charge in [0.15, 0.2) is 17.5 Å². The van der Waals surface area contributed by atoms with Crippen LogP contribution in [0.5, 0.6) is 0 Å². The Bertz CT molecular complexity index is 2120. The van der Waals surface area contributed by atoms with Crippen molar-refractivity contribution in [1.29, 1.82) is 0 Å². The van der Waals surface area contributed by atoms with Crippen LogP contribution in [-0.4, -0.2) is 30.5 Å². The van der Waals surface area contributed by atoms with E-state index in [-0.39, 0.29) is 34.3 Å². The molecule has 7 rings (SSSR count). The summed E-state index contributed by atoms with van der Waals surface area (Å²) in [4.78, 5) is 16.4. The fourth-order valence-corrected chi connectivity index (χ4v) is 5.60. The smallest absolute Gasteiger partial charge is 0.282 e. The molecule has 6 aromatic rings. The molecule has 0 radical (unpaired) electrons. The van der Waals surface area contributed by atoms with E-state index in [0.717, 1.165) is 34.1 Å². The Kier molecular flexibility index (Phi) is 9.75. The first-order chi connectivity index (χ1) is 23.9. The number of epoxide rings is 1. The van der Waals surface area contributed by atoms with Crippen LogP contribution in [0.15, 0.2) is 104 Å². The van der Waals surface area contributed by atoms with Crippen molar-refractivity contribution >= 4 is 23.2 Å². The molecule has 0 spiro atoms. The highest BCUT2D eigenvalue weighted by molar-refractivity contribution is 6.30. The molecule has 3 heterocycles. The van der Waals surface area contributed by atoms with E-state index in [1.165, 1.54) is 43.7 Å². The van der Waals surface area contributed by atoms with Crippen LogP contribution in [0.4, 0.5) is 32.0 Å². The summed E-state index contributed by atoms with van der Waals surface area (Å²) >= 11 is 5.95. The molecule has 1 amide bonds. The predicted molar refractivity (Wildman–Crippen MR) is 171 cm³/mol. The monoisotopic (exact) mass is 710 g/mol. The highest BCUT2D eigenvalue weighted by atomic mass is 35.5. The summed E-state index contributed by atoms with van der Waals surface area (Å²) in [5.74, 6) is -5.55. The number of carbonyl (C=O) groups is 1. The average Bonchev–Trinajstić information content (AvgIpc) is 3.36. The molecule has 50 heavy (non-hydrogen) atoms. The number of hydrogen-bond acceptors (Lipinski definition) is 5. The van der Waals surface area contributed by atoms with Gasteiger partial charge in [-0.3, -0.25) is 9.48 Å². The first kappa shape index (κ1) is 34.4. The summed E-state index contributed by atoms with van der Waals surface area (Å²) in [6.45, 7) is 0.462. The summed E-state index contributed by atoms with van der Waals surface area (Å²) in [6.07, 6.45) is 1.10. The van der Waals surface area contributed by atoms with Gasteiger partial charge in [-0.25, -0.2) is 36.0 Å². The zero-order valence-corrected chi connectivity index (χ0v) is 26.6. The molecule has 1 saturated heterocycles. The summed E-state index contributed by atoms with van der Waals surface area (Å²) in [6, 6.07) is 21.5. The van der Waals surface area contributed by atoms with Crippen LogP contribution >= 0.6 is 11.6 Å². The molecule has 15 heteroatoms. The van der Waals surface area contributed by atoms with Gasteiger partial charge in [0.05, 0.1) is 12.1 Å². The number of aromatic nitrogens is 5. The number of benzene rings is 4. The van der Waals surface area contributed by atoms with Crippen LogP contribution in [0.1, 0.15) is 39.7 Å². The molecular formula is C35H25ClF6N6O2. The Balaban J connectivity index is 0.000000175. The van der Waals surface area contributed by atoms with Crippen molar-refractivity contribution in [3.8, 4) is 11.1 Å². The number of hydrogen-bond donors (Lipinski definition) is 1. The Morgan fingerprint density at radius 1 is 0.980 bits per heavy atom. The standard InChI is InChI=1S/C18H12F5N3O.C17H13ClFN3O/c1-26-8-11(16(25-26)17(22)23)18(27)24-14-5-3-2-4-10(14)9-6-12(19)15(21)13(20)7-9;18-14-6-4-12(5-7-14)16-17(23-16,9-22-11-20-10-21-22)13-2-1-3-15(19)8-13/h2-8,17H,1H3,(H,24,27);1-8,10-11,16H,9H2. The molecule has 1 aliphatic rings. The first-order valence-corrected chi connectivity index (χ1v) is 15.2. The summed E-state index contributed by atoms with van der Waals surface area (Å²) in [7, 11) is 1.39. The topological polar surface area (TPSA) is 90.2 Å². The Morgan fingerprint density at radius 2 is 1.70 bits per heavy atom. The zero-order chi connectivity index (χ0) is 35.6. The van der Waals surface area contributed by atoms with Crippen molar-refractivity contribution < 1.29 is 35.9 Å². The van der Waals surface area contributed by atoms with Gasteiger partial charge >= 0.3 is 0 Å². The van der Waals surface area contributed by atoms with Gasteiger partial charge in [0.1, 0.15) is 35.9 Å². The largest absolute Gasteiger partial charge is 0.354 e. The second kappa shape index (κ2) is 14.2. The second-order valence-corrected chi connectivity index (χ2v) is 11.6. The molecule has 1 N–H and O–H groups in total. The molecule has 1 fully saturated rings. The Morgan fingerprint density at radius 3 is 2.36 bits per heavy atom. The van der Waals surface area contributed by atoms with Gasteiger partial charge in [0, 0.05) is 29.5 Å². The van der Waals surface area contributed by atoms with Crippen LogP contribution < -0.4 is 5.32 Å². The molecule has 2 aromatic heterocycles. The van der Waals surface area contributed by atoms with Crippen molar-refractivity contribution in [3.63, 3.8) is 0 Å². The number of nitrogens with one attached hydrogen (secondary N) is 1. The number of carbonyl (C=O) groups excluding carboxylic acids is 1. The van der Waals surface area contributed by atoms with Gasteiger partial charge in [0.25, 0.3) is 12.3 Å². The molecule has 0 aliphatic carbocycles. The van der Waals surface area contributed by atoms with E-state index in [4.69, 9.17) is 16.3 Å². The summed E-state index contributed by atoms with van der Waals surface area (Å²) < 4.78 is 88.8. The number of alkyl halides is 2. The van der Waals surface area contributed by atoms with Crippen molar-refractivity contribution in [1.82, 2.24) is 24.5 Å². The summed E-state index contributed by atoms with van der Waals surface area (Å²) in [5.41, 5.74) is 0.381. The molecule has 4 aromatic carbocycles. The number of para-hydroxylation sites is 1. The normalized spacial score (nSPS) is 16.5. The van der Waals surface area contributed by atoms with E-state index in [1.54, 1.807) is 23.1 Å². The van der Waals surface area contributed by atoms with Crippen LogP contribution in [0.25, 0.3) is 11.1 Å². The van der Waals surface area contributed by atoms with Gasteiger partial charge < -0.3 is 10.1 Å². The fraction of sp³-hybridized carbons (Fsp3) is 0.143. The molecule has 0 bridgehead atoms. The molecule has 1 aliphatic heterocycles. The number of rotatable bonds is 8. The lowest BCUT2D eigenvalue weighted by atomic mass is 9.91. The maximum atomic E-state index is 13.7. The number of halogens is 7. The lowest BCUT2D eigenvalue weighted by Gasteiger charge is -2.14. The Labute approximate surface area is 285 Å². The van der Waals surface area contributed by atoms with Gasteiger partial charge in [-0.05, 0) is 59.2 Å². The quantitative estimate of drug-likeness (QED) is 0.0973. The van der Waals surface area contributed by atoms with E-state index in [2.05, 4.69) is 20.5 Å². The van der Waals surface area contributed by atoms with Crippen LogP contribution in [0.2, 0.25) is 5.02 Å². The molecule has 2 atom stereocenters. The third-order valence-corrected chi connectivity index (χ3v) is 8.07. The van der Waals surface area contributed by atoms with Gasteiger partial charge in [-0.2, -0.15) is 10.2 Å². The average molecular weight is 711 g/mol. The van der Waals surface area contributed by atoms with E-state index in [1.807, 2.05) is 30.3 Å². The van der Waals surface area contributed by atoms with E-state index >= 15 is 0 Å². The van der Waals surface area contributed by atoms with E-state index in [0.29, 0.717) is 11.6 Å². The van der Waals surface area contributed by atoms with Gasteiger partial charge in [-0.1, -0.05) is 54.1 Å². The fourth-order valence-electron chi connectivity index (χ4n) is 5.48.